The Hall–Kier alpha value is -2.50. The monoisotopic (exact) mass is 263 g/mol. The van der Waals surface area contributed by atoms with Crippen LogP contribution in [0.5, 0.6) is 0 Å². The molecule has 0 fully saturated rings. The lowest BCUT2D eigenvalue weighted by Gasteiger charge is -2.19. The van der Waals surface area contributed by atoms with Crippen molar-refractivity contribution in [1.29, 1.82) is 0 Å². The van der Waals surface area contributed by atoms with Crippen molar-refractivity contribution in [3.63, 3.8) is 0 Å². The quantitative estimate of drug-likeness (QED) is 0.804. The summed E-state index contributed by atoms with van der Waals surface area (Å²) in [5.74, 6) is -0.468. The average Bonchev–Trinajstić information content (AvgIpc) is 2.99. The molecule has 19 heavy (non-hydrogen) atoms. The zero-order valence-electron chi connectivity index (χ0n) is 10.1. The van der Waals surface area contributed by atoms with Crippen LogP contribution in [-0.2, 0) is 22.7 Å². The molecular weight excluding hydrogens is 250 g/mol. The van der Waals surface area contributed by atoms with Crippen LogP contribution in [0.1, 0.15) is 17.9 Å². The molecule has 0 unspecified atom stereocenters. The molecule has 2 aromatic rings. The molecule has 0 aromatic carbocycles. The third-order valence-electron chi connectivity index (χ3n) is 2.51. The Bertz CT molecular complexity index is 493. The van der Waals surface area contributed by atoms with Crippen molar-refractivity contribution in [1.82, 2.24) is 4.90 Å². The fourth-order valence-electron chi connectivity index (χ4n) is 1.65. The van der Waals surface area contributed by atoms with Crippen molar-refractivity contribution in [3.8, 4) is 0 Å². The zero-order valence-corrected chi connectivity index (χ0v) is 10.1. The van der Waals surface area contributed by atoms with Gasteiger partial charge in [-0.3, -0.25) is 9.59 Å². The Morgan fingerprint density at radius 1 is 1.05 bits per heavy atom. The van der Waals surface area contributed by atoms with Crippen LogP contribution in [0.3, 0.4) is 0 Å². The zero-order chi connectivity index (χ0) is 13.7. The van der Waals surface area contributed by atoms with E-state index in [-0.39, 0.29) is 13.1 Å². The molecule has 0 saturated carbocycles. The number of hydrogen-bond donors (Lipinski definition) is 1. The van der Waals surface area contributed by atoms with Crippen LogP contribution >= 0.6 is 0 Å². The van der Waals surface area contributed by atoms with Crippen molar-refractivity contribution < 1.29 is 23.5 Å². The van der Waals surface area contributed by atoms with Crippen molar-refractivity contribution in [2.75, 3.05) is 0 Å². The number of carbonyl (C=O) groups is 2. The standard InChI is InChI=1S/C13H13NO5/c15-12(7-13(16)17)14(8-10-3-1-5-18-10)9-11-4-2-6-19-11/h1-6H,7-9H2,(H,16,17). The van der Waals surface area contributed by atoms with E-state index >= 15 is 0 Å². The minimum Gasteiger partial charge on any atom is -0.481 e. The van der Waals surface area contributed by atoms with E-state index in [1.807, 2.05) is 0 Å². The molecule has 1 amide bonds. The maximum atomic E-state index is 11.9. The smallest absolute Gasteiger partial charge is 0.312 e. The Kier molecular flexibility index (Phi) is 4.02. The van der Waals surface area contributed by atoms with Crippen LogP contribution < -0.4 is 0 Å². The highest BCUT2D eigenvalue weighted by molar-refractivity contribution is 5.93. The molecule has 0 bridgehead atoms. The summed E-state index contributed by atoms with van der Waals surface area (Å²) >= 11 is 0. The highest BCUT2D eigenvalue weighted by Crippen LogP contribution is 2.12. The molecule has 0 spiro atoms. The SMILES string of the molecule is O=C(O)CC(=O)N(Cc1ccco1)Cc1ccco1. The number of rotatable bonds is 6. The summed E-state index contributed by atoms with van der Waals surface area (Å²) in [7, 11) is 0. The van der Waals surface area contributed by atoms with E-state index in [0.29, 0.717) is 11.5 Å². The van der Waals surface area contributed by atoms with Crippen LogP contribution in [0.4, 0.5) is 0 Å². The van der Waals surface area contributed by atoms with Crippen LogP contribution in [0.15, 0.2) is 45.6 Å². The van der Waals surface area contributed by atoms with E-state index in [0.717, 1.165) is 0 Å². The van der Waals surface area contributed by atoms with Crippen LogP contribution in [0.2, 0.25) is 0 Å². The van der Waals surface area contributed by atoms with E-state index in [9.17, 15) is 9.59 Å². The fourth-order valence-corrected chi connectivity index (χ4v) is 1.65. The maximum absolute atomic E-state index is 11.9. The molecule has 6 heteroatoms. The number of carbonyl (C=O) groups excluding carboxylic acids is 1. The summed E-state index contributed by atoms with van der Waals surface area (Å²) in [4.78, 5) is 23.9. The van der Waals surface area contributed by atoms with E-state index in [4.69, 9.17) is 13.9 Å². The van der Waals surface area contributed by atoms with Crippen LogP contribution in [-0.4, -0.2) is 21.9 Å². The predicted molar refractivity (Wildman–Crippen MR) is 63.9 cm³/mol. The van der Waals surface area contributed by atoms with Crippen LogP contribution in [0.25, 0.3) is 0 Å². The van der Waals surface area contributed by atoms with Gasteiger partial charge >= 0.3 is 5.97 Å². The molecule has 1 N–H and O–H groups in total. The molecule has 2 heterocycles. The first-order valence-electron chi connectivity index (χ1n) is 5.69. The molecule has 100 valence electrons. The molecule has 0 radical (unpaired) electrons. The Labute approximate surface area is 109 Å². The van der Waals surface area contributed by atoms with Gasteiger partial charge in [0.1, 0.15) is 17.9 Å². The first-order chi connectivity index (χ1) is 9.15. The number of hydrogen-bond acceptors (Lipinski definition) is 4. The van der Waals surface area contributed by atoms with Gasteiger partial charge in [-0.15, -0.1) is 0 Å². The molecule has 2 aromatic heterocycles. The van der Waals surface area contributed by atoms with Gasteiger partial charge in [0.05, 0.1) is 25.6 Å². The summed E-state index contributed by atoms with van der Waals surface area (Å²) in [6.07, 6.45) is 2.45. The highest BCUT2D eigenvalue weighted by atomic mass is 16.4. The lowest BCUT2D eigenvalue weighted by atomic mass is 10.3. The largest absolute Gasteiger partial charge is 0.481 e. The second-order valence-electron chi connectivity index (χ2n) is 3.98. The summed E-state index contributed by atoms with van der Waals surface area (Å²) in [5, 5.41) is 8.69. The Morgan fingerprint density at radius 3 is 1.95 bits per heavy atom. The maximum Gasteiger partial charge on any atom is 0.312 e. The second kappa shape index (κ2) is 5.90. The lowest BCUT2D eigenvalue weighted by Crippen LogP contribution is -2.31. The number of nitrogens with zero attached hydrogens (tertiary/aromatic N) is 1. The summed E-state index contributed by atoms with van der Waals surface area (Å²) < 4.78 is 10.3. The van der Waals surface area contributed by atoms with Gasteiger partial charge in [0.2, 0.25) is 5.91 Å². The Morgan fingerprint density at radius 2 is 1.58 bits per heavy atom. The summed E-state index contributed by atoms with van der Waals surface area (Å²) in [6, 6.07) is 6.87. The van der Waals surface area contributed by atoms with Gasteiger partial charge in [0, 0.05) is 0 Å². The molecule has 0 aliphatic heterocycles. The van der Waals surface area contributed by atoms with Gasteiger partial charge < -0.3 is 18.8 Å². The normalized spacial score (nSPS) is 10.3. The van der Waals surface area contributed by atoms with E-state index in [1.54, 1.807) is 24.3 Å². The average molecular weight is 263 g/mol. The molecule has 2 rings (SSSR count). The number of carboxylic acids is 1. The predicted octanol–water partition coefficient (Wildman–Crippen LogP) is 1.88. The topological polar surface area (TPSA) is 83.9 Å². The van der Waals surface area contributed by atoms with Gasteiger partial charge in [0.15, 0.2) is 0 Å². The number of aliphatic carboxylic acids is 1. The van der Waals surface area contributed by atoms with Crippen molar-refractivity contribution in [2.45, 2.75) is 19.5 Å². The minimum atomic E-state index is -1.16. The van der Waals surface area contributed by atoms with Gasteiger partial charge in [-0.1, -0.05) is 0 Å². The third kappa shape index (κ3) is 3.74. The first-order valence-corrected chi connectivity index (χ1v) is 5.69. The molecule has 0 aliphatic rings. The van der Waals surface area contributed by atoms with Gasteiger partial charge in [-0.2, -0.15) is 0 Å². The summed E-state index contributed by atoms with van der Waals surface area (Å²) in [6.45, 7) is 0.416. The van der Waals surface area contributed by atoms with Gasteiger partial charge in [-0.05, 0) is 24.3 Å². The number of carboxylic acid groups (broad SMARTS) is 1. The molecule has 0 saturated heterocycles. The van der Waals surface area contributed by atoms with E-state index in [2.05, 4.69) is 0 Å². The first kappa shape index (κ1) is 12.9. The summed E-state index contributed by atoms with van der Waals surface area (Å²) in [5.41, 5.74) is 0. The van der Waals surface area contributed by atoms with Gasteiger partial charge in [-0.25, -0.2) is 0 Å². The van der Waals surface area contributed by atoms with Crippen molar-refractivity contribution in [3.05, 3.63) is 48.3 Å². The second-order valence-corrected chi connectivity index (χ2v) is 3.98. The van der Waals surface area contributed by atoms with Crippen molar-refractivity contribution >= 4 is 11.9 Å². The van der Waals surface area contributed by atoms with Gasteiger partial charge in [0.25, 0.3) is 0 Å². The Balaban J connectivity index is 2.08. The molecular formula is C13H13NO5. The fraction of sp³-hybridized carbons (Fsp3) is 0.231. The molecule has 0 atom stereocenters. The van der Waals surface area contributed by atoms with E-state index < -0.39 is 18.3 Å². The highest BCUT2D eigenvalue weighted by Gasteiger charge is 2.19. The van der Waals surface area contributed by atoms with Crippen molar-refractivity contribution in [2.24, 2.45) is 0 Å². The van der Waals surface area contributed by atoms with Crippen LogP contribution in [0, 0.1) is 0 Å². The third-order valence-corrected chi connectivity index (χ3v) is 2.51. The van der Waals surface area contributed by atoms with E-state index in [1.165, 1.54) is 17.4 Å². The molecule has 0 aliphatic carbocycles. The molecule has 6 nitrogen and oxygen atoms in total. The minimum absolute atomic E-state index is 0.208. The lowest BCUT2D eigenvalue weighted by molar-refractivity contribution is -0.145. The number of furan rings is 2. The number of amides is 1.